The van der Waals surface area contributed by atoms with Gasteiger partial charge in [-0.25, -0.2) is 4.79 Å². The molecule has 5 rings (SSSR count). The van der Waals surface area contributed by atoms with Crippen LogP contribution in [0, 0.1) is 35.5 Å². The normalized spacial score (nSPS) is 40.9. The van der Waals surface area contributed by atoms with E-state index in [2.05, 4.69) is 62.7 Å². The minimum absolute atomic E-state index is 0. The third-order valence-electron chi connectivity index (χ3n) is 14.0. The number of piperazine rings is 1. The van der Waals surface area contributed by atoms with Crippen LogP contribution in [0.3, 0.4) is 0 Å². The number of hydrogen-bond acceptors (Lipinski definition) is 7. The second kappa shape index (κ2) is 14.2. The zero-order valence-electron chi connectivity index (χ0n) is 29.2. The minimum atomic E-state index is -0.665. The van der Waals surface area contributed by atoms with Crippen LogP contribution in [0.15, 0.2) is 11.6 Å². The van der Waals surface area contributed by atoms with Gasteiger partial charge < -0.3 is 39.1 Å². The van der Waals surface area contributed by atoms with Gasteiger partial charge in [-0.05, 0) is 68.1 Å². The standard InChI is InChI=1S/C36H65N6O2.Mo/c1-7-41-21-23-42(24-22-41)20-19-40-31(43)44-29-12-14-32(5)28(25-29)11-15-36(39)34(37)16-13-30(27(4)10-8-9-26(2)3)33(34,6)17-18-35(32,36)38;/h11,26-27,29-30H,1,7-10,12-25,37-39H2,2-6H3,(H,40,43);/q-1;/t27-,29+,30-,32+,33-,34+,35+,36-;/m1./s1. The summed E-state index contributed by atoms with van der Waals surface area (Å²) in [6.45, 7) is 22.3. The molecule has 258 valence electrons. The third kappa shape index (κ3) is 6.36. The summed E-state index contributed by atoms with van der Waals surface area (Å²) in [6, 6.07) is 0. The van der Waals surface area contributed by atoms with Crippen molar-refractivity contribution >= 4 is 6.09 Å². The van der Waals surface area contributed by atoms with Gasteiger partial charge in [0.1, 0.15) is 6.10 Å². The molecule has 8 nitrogen and oxygen atoms in total. The Labute approximate surface area is 289 Å². The van der Waals surface area contributed by atoms with Gasteiger partial charge in [0, 0.05) is 83.2 Å². The molecule has 4 fully saturated rings. The fourth-order valence-electron chi connectivity index (χ4n) is 10.8. The Hall–Kier alpha value is -0.502. The van der Waals surface area contributed by atoms with E-state index in [1.807, 2.05) is 0 Å². The summed E-state index contributed by atoms with van der Waals surface area (Å²) in [7, 11) is 0. The van der Waals surface area contributed by atoms with Crippen LogP contribution in [0.1, 0.15) is 105 Å². The van der Waals surface area contributed by atoms with Gasteiger partial charge in [-0.3, -0.25) is 4.90 Å². The van der Waals surface area contributed by atoms with Crippen LogP contribution in [-0.4, -0.2) is 84.4 Å². The average molecular weight is 710 g/mol. The Morgan fingerprint density at radius 1 is 0.978 bits per heavy atom. The summed E-state index contributed by atoms with van der Waals surface area (Å²) in [5, 5.41) is 3.00. The topological polar surface area (TPSA) is 123 Å². The van der Waals surface area contributed by atoms with E-state index < -0.39 is 16.6 Å². The maximum absolute atomic E-state index is 12.8. The molecule has 0 aromatic rings. The third-order valence-corrected chi connectivity index (χ3v) is 14.0. The first-order chi connectivity index (χ1) is 20.7. The van der Waals surface area contributed by atoms with E-state index in [1.165, 1.54) is 24.8 Å². The molecule has 0 unspecified atom stereocenters. The van der Waals surface area contributed by atoms with E-state index in [0.717, 1.165) is 90.1 Å². The van der Waals surface area contributed by atoms with E-state index >= 15 is 0 Å². The first kappa shape index (κ1) is 37.3. The van der Waals surface area contributed by atoms with Crippen LogP contribution in [0.2, 0.25) is 0 Å². The van der Waals surface area contributed by atoms with E-state index in [4.69, 9.17) is 21.9 Å². The minimum Gasteiger partial charge on any atom is -0.446 e. The molecule has 0 bridgehead atoms. The Bertz CT molecular complexity index is 1070. The van der Waals surface area contributed by atoms with Gasteiger partial charge in [-0.15, -0.1) is 6.54 Å². The van der Waals surface area contributed by atoms with Crippen LogP contribution in [0.25, 0.3) is 0 Å². The first-order valence-corrected chi connectivity index (χ1v) is 18.0. The SMILES string of the molecule is [CH2-]CN1CCN(CCNC(=O)O[C@H]2CC[C@@]3(C)C(=CC[C@]4(N)[C@]3(N)CC[C@]3(C)[C@@H]([C@H](C)CCCC(C)C)CC[C@@]43N)C2)CC1.[Mo]. The fraction of sp³-hybridized carbons (Fsp3) is 0.889. The number of fused-ring (bicyclic) bond motifs is 5. The number of amides is 1. The number of alkyl carbamates (subject to hydrolysis) is 1. The number of hydrogen-bond donors (Lipinski definition) is 4. The molecular weight excluding hydrogens is 644 g/mol. The van der Waals surface area contributed by atoms with Gasteiger partial charge in [0.2, 0.25) is 0 Å². The molecule has 4 aliphatic carbocycles. The monoisotopic (exact) mass is 711 g/mol. The van der Waals surface area contributed by atoms with Gasteiger partial charge >= 0.3 is 6.09 Å². The summed E-state index contributed by atoms with van der Waals surface area (Å²) < 4.78 is 5.97. The fourth-order valence-corrected chi connectivity index (χ4v) is 10.8. The van der Waals surface area contributed by atoms with E-state index in [0.29, 0.717) is 24.8 Å². The summed E-state index contributed by atoms with van der Waals surface area (Å²) in [5.74, 6) is 1.98. The molecule has 8 atom stereocenters. The van der Waals surface area contributed by atoms with Crippen molar-refractivity contribution in [2.75, 3.05) is 45.8 Å². The van der Waals surface area contributed by atoms with Crippen LogP contribution in [-0.2, 0) is 25.8 Å². The van der Waals surface area contributed by atoms with Crippen molar-refractivity contribution in [2.24, 2.45) is 45.8 Å². The zero-order valence-corrected chi connectivity index (χ0v) is 31.2. The van der Waals surface area contributed by atoms with Gasteiger partial charge in [-0.1, -0.05) is 65.5 Å². The molecule has 0 spiro atoms. The molecule has 9 heteroatoms. The molecule has 1 amide bonds. The molecule has 1 heterocycles. The Kier molecular flexibility index (Phi) is 11.7. The molecule has 7 N–H and O–H groups in total. The van der Waals surface area contributed by atoms with Crippen molar-refractivity contribution in [2.45, 2.75) is 128 Å². The predicted octanol–water partition coefficient (Wildman–Crippen LogP) is 4.82. The molecule has 1 saturated heterocycles. The first-order valence-electron chi connectivity index (χ1n) is 18.0. The van der Waals surface area contributed by atoms with E-state index in [1.54, 1.807) is 0 Å². The second-order valence-electron chi connectivity index (χ2n) is 16.4. The number of carbonyl (C=O) groups excluding carboxylic acids is 1. The molecule has 1 aliphatic heterocycles. The van der Waals surface area contributed by atoms with Gasteiger partial charge in [-0.2, -0.15) is 0 Å². The number of nitrogens with one attached hydrogen (secondary N) is 1. The van der Waals surface area contributed by atoms with Crippen LogP contribution >= 0.6 is 0 Å². The van der Waals surface area contributed by atoms with E-state index in [-0.39, 0.29) is 44.1 Å². The Morgan fingerprint density at radius 3 is 2.33 bits per heavy atom. The van der Waals surface area contributed by atoms with Gasteiger partial charge in [0.15, 0.2) is 0 Å². The number of carbonyl (C=O) groups is 1. The van der Waals surface area contributed by atoms with Gasteiger partial charge in [0.25, 0.3) is 0 Å². The van der Waals surface area contributed by atoms with E-state index in [9.17, 15) is 4.79 Å². The molecule has 0 aromatic heterocycles. The summed E-state index contributed by atoms with van der Waals surface area (Å²) in [6.07, 6.45) is 12.9. The molecule has 45 heavy (non-hydrogen) atoms. The van der Waals surface area contributed by atoms with Crippen molar-refractivity contribution in [1.29, 1.82) is 0 Å². The molecular formula is C36H65MoN6O2-. The van der Waals surface area contributed by atoms with Gasteiger partial charge in [0.05, 0.1) is 5.54 Å². The van der Waals surface area contributed by atoms with Crippen molar-refractivity contribution in [3.63, 3.8) is 0 Å². The number of ether oxygens (including phenoxy) is 1. The summed E-state index contributed by atoms with van der Waals surface area (Å²) in [4.78, 5) is 17.5. The number of rotatable bonds is 10. The zero-order chi connectivity index (χ0) is 32.0. The van der Waals surface area contributed by atoms with Crippen molar-refractivity contribution in [1.82, 2.24) is 15.1 Å². The Morgan fingerprint density at radius 2 is 1.67 bits per heavy atom. The maximum Gasteiger partial charge on any atom is 0.407 e. The number of nitrogens with two attached hydrogens (primary N) is 3. The van der Waals surface area contributed by atoms with Crippen molar-refractivity contribution in [3.05, 3.63) is 18.6 Å². The smallest absolute Gasteiger partial charge is 0.407 e. The number of nitrogens with zero attached hydrogens (tertiary/aromatic N) is 2. The summed E-state index contributed by atoms with van der Waals surface area (Å²) >= 11 is 0. The molecule has 5 aliphatic rings. The average Bonchev–Trinajstić information content (AvgIpc) is 3.27. The predicted molar refractivity (Wildman–Crippen MR) is 180 cm³/mol. The molecule has 3 saturated carbocycles. The second-order valence-corrected chi connectivity index (χ2v) is 16.4. The largest absolute Gasteiger partial charge is 0.446 e. The quantitative estimate of drug-likeness (QED) is 0.146. The van der Waals surface area contributed by atoms with Crippen LogP contribution in [0.4, 0.5) is 4.79 Å². The van der Waals surface area contributed by atoms with Crippen LogP contribution < -0.4 is 22.5 Å². The summed E-state index contributed by atoms with van der Waals surface area (Å²) in [5.41, 5.74) is 22.2. The van der Waals surface area contributed by atoms with Crippen molar-refractivity contribution in [3.8, 4) is 0 Å². The van der Waals surface area contributed by atoms with Crippen molar-refractivity contribution < 1.29 is 30.6 Å². The molecule has 0 aromatic carbocycles. The van der Waals surface area contributed by atoms with Crippen LogP contribution in [0.5, 0.6) is 0 Å². The Balaban J connectivity index is 0.00000461. The molecule has 0 radical (unpaired) electrons. The maximum atomic E-state index is 12.8.